The molecule has 0 aromatic heterocycles. The lowest BCUT2D eigenvalue weighted by molar-refractivity contribution is -0.126. The van der Waals surface area contributed by atoms with Crippen LogP contribution in [0.2, 0.25) is 10.0 Å². The van der Waals surface area contributed by atoms with Crippen LogP contribution in [-0.4, -0.2) is 31.7 Å². The van der Waals surface area contributed by atoms with Crippen molar-refractivity contribution in [3.63, 3.8) is 0 Å². The Labute approximate surface area is 186 Å². The van der Waals surface area contributed by atoms with Gasteiger partial charge in [-0.3, -0.25) is 4.79 Å². The second-order valence-corrected chi connectivity index (χ2v) is 10.2. The molecule has 9 heteroatoms. The van der Waals surface area contributed by atoms with Gasteiger partial charge < -0.3 is 5.32 Å². The van der Waals surface area contributed by atoms with E-state index < -0.39 is 10.0 Å². The molecule has 1 amide bonds. The van der Waals surface area contributed by atoms with Gasteiger partial charge in [-0.05, 0) is 49.6 Å². The van der Waals surface area contributed by atoms with Crippen LogP contribution in [0.15, 0.2) is 42.5 Å². The second-order valence-electron chi connectivity index (χ2n) is 7.41. The van der Waals surface area contributed by atoms with E-state index in [0.29, 0.717) is 28.5 Å². The minimum Gasteiger partial charge on any atom is -0.349 e. The van der Waals surface area contributed by atoms with Crippen molar-refractivity contribution in [2.75, 3.05) is 13.1 Å². The zero-order valence-electron chi connectivity index (χ0n) is 16.4. The van der Waals surface area contributed by atoms with Gasteiger partial charge in [0.2, 0.25) is 15.9 Å². The van der Waals surface area contributed by atoms with Crippen LogP contribution in [0.1, 0.15) is 36.9 Å². The SMILES string of the molecule is C[C@@H](NC(=O)C1CCN(S(=O)(=O)Cc2c(Cl)cccc2Cl)CC1)c1ccc(F)cc1. The lowest BCUT2D eigenvalue weighted by atomic mass is 9.96. The quantitative estimate of drug-likeness (QED) is 0.670. The molecule has 0 bridgehead atoms. The maximum absolute atomic E-state index is 13.1. The minimum atomic E-state index is -3.60. The van der Waals surface area contributed by atoms with Gasteiger partial charge in [0.15, 0.2) is 0 Å². The molecule has 162 valence electrons. The topological polar surface area (TPSA) is 66.5 Å². The van der Waals surface area contributed by atoms with Gasteiger partial charge in [-0.2, -0.15) is 0 Å². The van der Waals surface area contributed by atoms with Crippen molar-refractivity contribution in [1.82, 2.24) is 9.62 Å². The first-order valence-electron chi connectivity index (χ1n) is 9.64. The van der Waals surface area contributed by atoms with Gasteiger partial charge in [0.25, 0.3) is 0 Å². The standard InChI is InChI=1S/C21H23Cl2FN2O3S/c1-14(15-5-7-17(24)8-6-15)25-21(27)16-9-11-26(12-10-16)30(28,29)13-18-19(22)3-2-4-20(18)23/h2-8,14,16H,9-13H2,1H3,(H,25,27)/t14-/m1/s1. The Morgan fingerprint density at radius 1 is 1.13 bits per heavy atom. The summed E-state index contributed by atoms with van der Waals surface area (Å²) in [7, 11) is -3.60. The van der Waals surface area contributed by atoms with Gasteiger partial charge in [-0.15, -0.1) is 0 Å². The van der Waals surface area contributed by atoms with Crippen LogP contribution in [0.5, 0.6) is 0 Å². The highest BCUT2D eigenvalue weighted by Gasteiger charge is 2.32. The van der Waals surface area contributed by atoms with Crippen LogP contribution in [0.4, 0.5) is 4.39 Å². The van der Waals surface area contributed by atoms with Gasteiger partial charge in [0.05, 0.1) is 11.8 Å². The number of rotatable bonds is 6. The Balaban J connectivity index is 1.57. The van der Waals surface area contributed by atoms with E-state index in [0.717, 1.165) is 5.56 Å². The van der Waals surface area contributed by atoms with Crippen LogP contribution >= 0.6 is 23.2 Å². The van der Waals surface area contributed by atoms with Crippen LogP contribution in [0.3, 0.4) is 0 Å². The number of nitrogens with zero attached hydrogens (tertiary/aromatic N) is 1. The Morgan fingerprint density at radius 2 is 1.70 bits per heavy atom. The molecule has 0 radical (unpaired) electrons. The van der Waals surface area contributed by atoms with Gasteiger partial charge in [0, 0.05) is 34.6 Å². The smallest absolute Gasteiger partial charge is 0.223 e. The normalized spacial score (nSPS) is 16.9. The summed E-state index contributed by atoms with van der Waals surface area (Å²) in [5, 5.41) is 3.56. The highest BCUT2D eigenvalue weighted by Crippen LogP contribution is 2.29. The van der Waals surface area contributed by atoms with E-state index in [1.807, 2.05) is 6.92 Å². The number of carbonyl (C=O) groups excluding carboxylic acids is 1. The molecule has 2 aromatic carbocycles. The summed E-state index contributed by atoms with van der Waals surface area (Å²) in [6, 6.07) is 10.6. The number of sulfonamides is 1. The van der Waals surface area contributed by atoms with Gasteiger partial charge in [-0.25, -0.2) is 17.1 Å². The molecule has 1 N–H and O–H groups in total. The number of amides is 1. The molecule has 0 aliphatic carbocycles. The van der Waals surface area contributed by atoms with Gasteiger partial charge >= 0.3 is 0 Å². The molecule has 0 saturated carbocycles. The summed E-state index contributed by atoms with van der Waals surface area (Å²) in [6.45, 7) is 2.35. The zero-order chi connectivity index (χ0) is 21.9. The molecular formula is C21H23Cl2FN2O3S. The fourth-order valence-electron chi connectivity index (χ4n) is 3.51. The molecular weight excluding hydrogens is 450 g/mol. The predicted octanol–water partition coefficient (Wildman–Crippen LogP) is 4.55. The van der Waals surface area contributed by atoms with E-state index in [4.69, 9.17) is 23.2 Å². The Bertz CT molecular complexity index is 987. The van der Waals surface area contributed by atoms with Crippen molar-refractivity contribution in [2.24, 2.45) is 5.92 Å². The Kier molecular flexibility index (Phi) is 7.39. The summed E-state index contributed by atoms with van der Waals surface area (Å²) >= 11 is 12.2. The number of nitrogens with one attached hydrogen (secondary N) is 1. The third-order valence-corrected chi connectivity index (χ3v) is 7.85. The highest BCUT2D eigenvalue weighted by molar-refractivity contribution is 7.88. The number of carbonyl (C=O) groups is 1. The first kappa shape index (κ1) is 23.0. The first-order valence-corrected chi connectivity index (χ1v) is 12.0. The predicted molar refractivity (Wildman–Crippen MR) is 116 cm³/mol. The van der Waals surface area contributed by atoms with E-state index >= 15 is 0 Å². The molecule has 0 spiro atoms. The molecule has 1 heterocycles. The highest BCUT2D eigenvalue weighted by atomic mass is 35.5. The van der Waals surface area contributed by atoms with E-state index in [2.05, 4.69) is 5.32 Å². The summed E-state index contributed by atoms with van der Waals surface area (Å²) < 4.78 is 40.1. The molecule has 1 atom stereocenters. The molecule has 1 aliphatic rings. The van der Waals surface area contributed by atoms with E-state index in [1.165, 1.54) is 16.4 Å². The summed E-state index contributed by atoms with van der Waals surface area (Å²) in [5.74, 6) is -1.01. The lowest BCUT2D eigenvalue weighted by Gasteiger charge is -2.31. The molecule has 1 saturated heterocycles. The molecule has 1 aliphatic heterocycles. The number of hydrogen-bond acceptors (Lipinski definition) is 3. The number of benzene rings is 2. The fraction of sp³-hybridized carbons (Fsp3) is 0.381. The zero-order valence-corrected chi connectivity index (χ0v) is 18.8. The Hall–Kier alpha value is -1.67. The van der Waals surface area contributed by atoms with Crippen molar-refractivity contribution in [3.8, 4) is 0 Å². The summed E-state index contributed by atoms with van der Waals surface area (Å²) in [6.07, 6.45) is 0.856. The van der Waals surface area contributed by atoms with Crippen LogP contribution in [0.25, 0.3) is 0 Å². The monoisotopic (exact) mass is 472 g/mol. The molecule has 30 heavy (non-hydrogen) atoms. The average Bonchev–Trinajstić information content (AvgIpc) is 2.71. The summed E-state index contributed by atoms with van der Waals surface area (Å²) in [5.41, 5.74) is 1.19. The first-order chi connectivity index (χ1) is 14.2. The van der Waals surface area contributed by atoms with E-state index in [9.17, 15) is 17.6 Å². The fourth-order valence-corrected chi connectivity index (χ4v) is 5.82. The largest absolute Gasteiger partial charge is 0.349 e. The van der Waals surface area contributed by atoms with Crippen molar-refractivity contribution in [3.05, 3.63) is 69.5 Å². The third kappa shape index (κ3) is 5.52. The number of piperidine rings is 1. The van der Waals surface area contributed by atoms with Crippen LogP contribution in [-0.2, 0) is 20.6 Å². The van der Waals surface area contributed by atoms with Crippen molar-refractivity contribution in [2.45, 2.75) is 31.6 Å². The number of hydrogen-bond donors (Lipinski definition) is 1. The van der Waals surface area contributed by atoms with Crippen LogP contribution < -0.4 is 5.32 Å². The average molecular weight is 473 g/mol. The molecule has 3 rings (SSSR count). The minimum absolute atomic E-state index is 0.127. The number of halogens is 3. The Morgan fingerprint density at radius 3 is 2.27 bits per heavy atom. The van der Waals surface area contributed by atoms with E-state index in [1.54, 1.807) is 30.3 Å². The molecule has 1 fully saturated rings. The molecule has 5 nitrogen and oxygen atoms in total. The lowest BCUT2D eigenvalue weighted by Crippen LogP contribution is -2.43. The molecule has 0 unspecified atom stereocenters. The maximum Gasteiger partial charge on any atom is 0.223 e. The molecule has 2 aromatic rings. The maximum atomic E-state index is 13.1. The third-order valence-electron chi connectivity index (χ3n) is 5.34. The van der Waals surface area contributed by atoms with E-state index in [-0.39, 0.29) is 42.5 Å². The van der Waals surface area contributed by atoms with Gasteiger partial charge in [-0.1, -0.05) is 41.4 Å². The van der Waals surface area contributed by atoms with Crippen molar-refractivity contribution >= 4 is 39.1 Å². The van der Waals surface area contributed by atoms with Crippen LogP contribution in [0, 0.1) is 11.7 Å². The summed E-state index contributed by atoms with van der Waals surface area (Å²) in [4.78, 5) is 12.6. The second kappa shape index (κ2) is 9.64. The van der Waals surface area contributed by atoms with Crippen molar-refractivity contribution in [1.29, 1.82) is 0 Å². The van der Waals surface area contributed by atoms with Gasteiger partial charge in [0.1, 0.15) is 5.82 Å². The van der Waals surface area contributed by atoms with Crippen molar-refractivity contribution < 1.29 is 17.6 Å².